The Morgan fingerprint density at radius 3 is 2.43 bits per heavy atom. The van der Waals surface area contributed by atoms with Gasteiger partial charge in [-0.25, -0.2) is 13.2 Å². The highest BCUT2D eigenvalue weighted by molar-refractivity contribution is 9.10. The van der Waals surface area contributed by atoms with Gasteiger partial charge in [-0.3, -0.25) is 0 Å². The first-order valence-electron chi connectivity index (χ1n) is 8.18. The maximum absolute atomic E-state index is 14.6. The van der Waals surface area contributed by atoms with Gasteiger partial charge in [0, 0.05) is 5.56 Å². The molecular weight excluding hydrogens is 365 g/mol. The molecule has 0 bridgehead atoms. The fourth-order valence-corrected chi connectivity index (χ4v) is 3.51. The van der Waals surface area contributed by atoms with Crippen molar-refractivity contribution in [3.05, 3.63) is 59.5 Å². The molecule has 23 heavy (non-hydrogen) atoms. The van der Waals surface area contributed by atoms with Crippen molar-refractivity contribution < 1.29 is 13.2 Å². The number of allylic oxidation sites excluding steroid dienone is 4. The van der Waals surface area contributed by atoms with Gasteiger partial charge in [0.25, 0.3) is 0 Å². The van der Waals surface area contributed by atoms with Crippen molar-refractivity contribution in [3.8, 4) is 0 Å². The molecule has 4 heteroatoms. The minimum absolute atomic E-state index is 0.161. The van der Waals surface area contributed by atoms with Crippen LogP contribution in [-0.4, -0.2) is 4.32 Å². The third-order valence-electron chi connectivity index (χ3n) is 4.28. The Labute approximate surface area is 144 Å². The van der Waals surface area contributed by atoms with Crippen LogP contribution >= 0.6 is 15.9 Å². The number of hydrogen-bond acceptors (Lipinski definition) is 0. The molecule has 1 aromatic carbocycles. The molecule has 0 nitrogen and oxygen atoms in total. The number of hydrogen-bond donors (Lipinski definition) is 0. The molecule has 0 heterocycles. The zero-order chi connectivity index (χ0) is 16.9. The largest absolute Gasteiger partial charge is 0.208 e. The SMILES string of the molecule is CCCCCCCC1(Br)C=CC(c2ccccc2F)C(F)=C1F. The van der Waals surface area contributed by atoms with Crippen molar-refractivity contribution in [3.63, 3.8) is 0 Å². The molecule has 0 aromatic heterocycles. The van der Waals surface area contributed by atoms with E-state index >= 15 is 0 Å². The number of benzene rings is 1. The molecule has 2 rings (SSSR count). The van der Waals surface area contributed by atoms with Gasteiger partial charge in [-0.2, -0.15) is 0 Å². The molecule has 0 aliphatic heterocycles. The molecule has 0 saturated carbocycles. The van der Waals surface area contributed by atoms with Gasteiger partial charge in [0.2, 0.25) is 0 Å². The Balaban J connectivity index is 2.10. The summed E-state index contributed by atoms with van der Waals surface area (Å²) in [5.74, 6) is -3.24. The summed E-state index contributed by atoms with van der Waals surface area (Å²) in [5, 5.41) is 0. The first-order valence-corrected chi connectivity index (χ1v) is 8.97. The molecule has 0 spiro atoms. The second kappa shape index (κ2) is 8.18. The average Bonchev–Trinajstić information content (AvgIpc) is 2.54. The third-order valence-corrected chi connectivity index (χ3v) is 5.29. The predicted octanol–water partition coefficient (Wildman–Crippen LogP) is 7.12. The Morgan fingerprint density at radius 2 is 1.74 bits per heavy atom. The summed E-state index contributed by atoms with van der Waals surface area (Å²) in [4.78, 5) is 0. The van der Waals surface area contributed by atoms with Crippen LogP contribution in [0.5, 0.6) is 0 Å². The normalized spacial score (nSPS) is 24.3. The van der Waals surface area contributed by atoms with Gasteiger partial charge in [0.15, 0.2) is 5.83 Å². The Morgan fingerprint density at radius 1 is 1.04 bits per heavy atom. The van der Waals surface area contributed by atoms with E-state index in [1.54, 1.807) is 18.2 Å². The van der Waals surface area contributed by atoms with Crippen LogP contribution in [0.25, 0.3) is 0 Å². The highest BCUT2D eigenvalue weighted by Crippen LogP contribution is 2.46. The molecule has 2 atom stereocenters. The summed E-state index contributed by atoms with van der Waals surface area (Å²) >= 11 is 3.34. The Hall–Kier alpha value is -1.03. The van der Waals surface area contributed by atoms with Gasteiger partial charge < -0.3 is 0 Å². The zero-order valence-corrected chi connectivity index (χ0v) is 14.9. The summed E-state index contributed by atoms with van der Waals surface area (Å²) < 4.78 is 41.8. The number of rotatable bonds is 7. The van der Waals surface area contributed by atoms with Crippen molar-refractivity contribution in [2.24, 2.45) is 0 Å². The summed E-state index contributed by atoms with van der Waals surface area (Å²) in [6.45, 7) is 2.14. The maximum atomic E-state index is 14.6. The Kier molecular flexibility index (Phi) is 6.51. The second-order valence-electron chi connectivity index (χ2n) is 6.05. The number of alkyl halides is 1. The van der Waals surface area contributed by atoms with Crippen LogP contribution in [0.1, 0.15) is 56.9 Å². The zero-order valence-electron chi connectivity index (χ0n) is 13.3. The van der Waals surface area contributed by atoms with E-state index in [4.69, 9.17) is 0 Å². The van der Waals surface area contributed by atoms with Crippen molar-refractivity contribution in [1.29, 1.82) is 0 Å². The monoisotopic (exact) mass is 386 g/mol. The van der Waals surface area contributed by atoms with Crippen molar-refractivity contribution in [2.45, 2.75) is 55.7 Å². The standard InChI is InChI=1S/C19H22BrF3/c1-2-3-4-5-8-12-19(20)13-11-15(17(22)18(19)23)14-9-6-7-10-16(14)21/h6-7,9-11,13,15H,2-5,8,12H2,1H3. The van der Waals surface area contributed by atoms with Gasteiger partial charge >= 0.3 is 0 Å². The first-order chi connectivity index (χ1) is 11.0. The minimum atomic E-state index is -1.09. The van der Waals surface area contributed by atoms with Gasteiger partial charge in [-0.15, -0.1) is 0 Å². The van der Waals surface area contributed by atoms with Crippen LogP contribution in [-0.2, 0) is 0 Å². The Bertz CT molecular complexity index is 594. The lowest BCUT2D eigenvalue weighted by Crippen LogP contribution is -2.24. The smallest absolute Gasteiger partial charge is 0.153 e. The van der Waals surface area contributed by atoms with Crippen LogP contribution < -0.4 is 0 Å². The van der Waals surface area contributed by atoms with Gasteiger partial charge in [-0.05, 0) is 12.5 Å². The molecule has 0 amide bonds. The van der Waals surface area contributed by atoms with E-state index in [-0.39, 0.29) is 5.56 Å². The van der Waals surface area contributed by atoms with Crippen molar-refractivity contribution >= 4 is 15.9 Å². The van der Waals surface area contributed by atoms with Crippen LogP contribution in [0, 0.1) is 5.82 Å². The van der Waals surface area contributed by atoms with Gasteiger partial charge in [-0.1, -0.05) is 85.3 Å². The van der Waals surface area contributed by atoms with E-state index in [0.29, 0.717) is 6.42 Å². The third kappa shape index (κ3) is 4.28. The lowest BCUT2D eigenvalue weighted by molar-refractivity contribution is 0.433. The molecule has 0 fully saturated rings. The molecule has 126 valence electrons. The minimum Gasteiger partial charge on any atom is -0.208 e. The predicted molar refractivity (Wildman–Crippen MR) is 92.6 cm³/mol. The van der Waals surface area contributed by atoms with E-state index in [1.165, 1.54) is 18.2 Å². The van der Waals surface area contributed by atoms with Crippen LogP contribution in [0.15, 0.2) is 48.1 Å². The molecule has 0 radical (unpaired) electrons. The summed E-state index contributed by atoms with van der Waals surface area (Å²) in [7, 11) is 0. The topological polar surface area (TPSA) is 0 Å². The second-order valence-corrected chi connectivity index (χ2v) is 7.46. The highest BCUT2D eigenvalue weighted by Gasteiger charge is 2.38. The van der Waals surface area contributed by atoms with E-state index in [1.807, 2.05) is 0 Å². The van der Waals surface area contributed by atoms with Gasteiger partial charge in [0.1, 0.15) is 11.6 Å². The molecule has 2 unspecified atom stereocenters. The van der Waals surface area contributed by atoms with Gasteiger partial charge in [0.05, 0.1) is 10.2 Å². The maximum Gasteiger partial charge on any atom is 0.153 e. The molecule has 0 N–H and O–H groups in total. The molecule has 1 aromatic rings. The fraction of sp³-hybridized carbons (Fsp3) is 0.474. The first kappa shape index (κ1) is 18.3. The molecular formula is C19H22BrF3. The van der Waals surface area contributed by atoms with Crippen molar-refractivity contribution in [2.75, 3.05) is 0 Å². The molecule has 1 aliphatic carbocycles. The van der Waals surface area contributed by atoms with Crippen LogP contribution in [0.3, 0.4) is 0 Å². The fourth-order valence-electron chi connectivity index (χ4n) is 2.89. The van der Waals surface area contributed by atoms with Crippen LogP contribution in [0.2, 0.25) is 0 Å². The van der Waals surface area contributed by atoms with Crippen molar-refractivity contribution in [1.82, 2.24) is 0 Å². The molecule has 1 aliphatic rings. The summed E-state index contributed by atoms with van der Waals surface area (Å²) in [6.07, 6.45) is 8.91. The number of unbranched alkanes of at least 4 members (excludes halogenated alkanes) is 4. The van der Waals surface area contributed by atoms with E-state index in [2.05, 4.69) is 22.9 Å². The highest BCUT2D eigenvalue weighted by atomic mass is 79.9. The number of halogens is 4. The quantitative estimate of drug-likeness (QED) is 0.265. The molecule has 0 saturated heterocycles. The van der Waals surface area contributed by atoms with Crippen LogP contribution in [0.4, 0.5) is 13.2 Å². The van der Waals surface area contributed by atoms with E-state index in [0.717, 1.165) is 32.1 Å². The lowest BCUT2D eigenvalue weighted by Gasteiger charge is -2.29. The van der Waals surface area contributed by atoms with E-state index < -0.39 is 27.7 Å². The average molecular weight is 387 g/mol. The summed E-state index contributed by atoms with van der Waals surface area (Å²) in [5.41, 5.74) is 0.161. The lowest BCUT2D eigenvalue weighted by atomic mass is 9.86. The van der Waals surface area contributed by atoms with E-state index in [9.17, 15) is 13.2 Å². The summed E-state index contributed by atoms with van der Waals surface area (Å²) in [6, 6.07) is 5.91.